The largest absolute Gasteiger partial charge is 0.349 e. The Morgan fingerprint density at radius 2 is 2.05 bits per heavy atom. The Morgan fingerprint density at radius 3 is 2.77 bits per heavy atom. The van der Waals surface area contributed by atoms with Gasteiger partial charge in [0.2, 0.25) is 0 Å². The van der Waals surface area contributed by atoms with E-state index in [4.69, 9.17) is 5.26 Å². The Balaban J connectivity index is 2.04. The summed E-state index contributed by atoms with van der Waals surface area (Å²) < 4.78 is 27.0. The maximum absolute atomic E-state index is 13.6. The summed E-state index contributed by atoms with van der Waals surface area (Å²) in [7, 11) is 0. The molecule has 0 saturated heterocycles. The van der Waals surface area contributed by atoms with E-state index in [1.807, 2.05) is 17.9 Å². The summed E-state index contributed by atoms with van der Waals surface area (Å²) in [4.78, 5) is 10.1. The molecule has 112 valence electrons. The van der Waals surface area contributed by atoms with Gasteiger partial charge < -0.3 is 4.90 Å². The van der Waals surface area contributed by atoms with Crippen LogP contribution in [0.2, 0.25) is 0 Å². The molecule has 0 radical (unpaired) electrons. The van der Waals surface area contributed by atoms with Crippen LogP contribution < -0.4 is 4.90 Å². The summed E-state index contributed by atoms with van der Waals surface area (Å²) in [5, 5.41) is 8.96. The summed E-state index contributed by atoms with van der Waals surface area (Å²) in [6.45, 7) is 2.62. The molecule has 0 aliphatic carbocycles. The van der Waals surface area contributed by atoms with Crippen LogP contribution in [0.3, 0.4) is 0 Å². The van der Waals surface area contributed by atoms with Crippen LogP contribution in [0.15, 0.2) is 24.5 Å². The normalized spacial score (nSPS) is 17.0. The maximum Gasteiger partial charge on any atom is 0.159 e. The first-order chi connectivity index (χ1) is 10.6. The van der Waals surface area contributed by atoms with Gasteiger partial charge in [-0.3, -0.25) is 0 Å². The Kier molecular flexibility index (Phi) is 3.72. The standard InChI is InChI=1S/C16H14F2N4/c1-2-15-12-7-14(18)13(17)5-10(12)3-4-22(15)16-6-11(8-19)20-9-21-16/h5-7,9,15H,2-4H2,1H3/t15-/m0/s1. The van der Waals surface area contributed by atoms with Gasteiger partial charge in [-0.1, -0.05) is 6.92 Å². The molecule has 2 heterocycles. The zero-order valence-electron chi connectivity index (χ0n) is 12.1. The Bertz CT molecular complexity index is 754. The molecular weight excluding hydrogens is 286 g/mol. The molecule has 1 atom stereocenters. The topological polar surface area (TPSA) is 52.8 Å². The minimum atomic E-state index is -0.834. The lowest BCUT2D eigenvalue weighted by Crippen LogP contribution is -2.36. The van der Waals surface area contributed by atoms with Gasteiger partial charge in [0, 0.05) is 12.6 Å². The number of hydrogen-bond acceptors (Lipinski definition) is 4. The highest BCUT2D eigenvalue weighted by molar-refractivity contribution is 5.49. The van der Waals surface area contributed by atoms with Crippen LogP contribution in [-0.2, 0) is 6.42 Å². The minimum absolute atomic E-state index is 0.0970. The molecule has 1 aromatic heterocycles. The third kappa shape index (κ3) is 2.39. The van der Waals surface area contributed by atoms with E-state index in [0.29, 0.717) is 18.8 Å². The molecule has 0 amide bonds. The average Bonchev–Trinajstić information content (AvgIpc) is 2.55. The van der Waals surface area contributed by atoms with E-state index in [2.05, 4.69) is 9.97 Å². The molecule has 22 heavy (non-hydrogen) atoms. The fourth-order valence-electron chi connectivity index (χ4n) is 2.97. The Labute approximate surface area is 127 Å². The first-order valence-corrected chi connectivity index (χ1v) is 7.10. The fraction of sp³-hybridized carbons (Fsp3) is 0.312. The quantitative estimate of drug-likeness (QED) is 0.855. The second-order valence-electron chi connectivity index (χ2n) is 5.21. The van der Waals surface area contributed by atoms with Crippen molar-refractivity contribution in [3.63, 3.8) is 0 Å². The Morgan fingerprint density at radius 1 is 1.27 bits per heavy atom. The summed E-state index contributed by atoms with van der Waals surface area (Å²) in [6.07, 6.45) is 2.68. The fourth-order valence-corrected chi connectivity index (χ4v) is 2.97. The van der Waals surface area contributed by atoms with Gasteiger partial charge in [-0.2, -0.15) is 5.26 Å². The van der Waals surface area contributed by atoms with E-state index in [9.17, 15) is 8.78 Å². The van der Waals surface area contributed by atoms with Crippen LogP contribution >= 0.6 is 0 Å². The van der Waals surface area contributed by atoms with Crippen LogP contribution in [0.1, 0.15) is 36.2 Å². The number of nitrogens with zero attached hydrogens (tertiary/aromatic N) is 4. The third-order valence-corrected chi connectivity index (χ3v) is 3.99. The number of fused-ring (bicyclic) bond motifs is 1. The van der Waals surface area contributed by atoms with Crippen molar-refractivity contribution in [1.82, 2.24) is 9.97 Å². The van der Waals surface area contributed by atoms with Gasteiger partial charge in [-0.05, 0) is 36.1 Å². The lowest BCUT2D eigenvalue weighted by molar-refractivity contribution is 0.492. The van der Waals surface area contributed by atoms with Crippen molar-refractivity contribution in [2.45, 2.75) is 25.8 Å². The van der Waals surface area contributed by atoms with E-state index in [0.717, 1.165) is 17.5 Å². The number of anilines is 1. The van der Waals surface area contributed by atoms with E-state index < -0.39 is 11.6 Å². The molecule has 1 aliphatic rings. The van der Waals surface area contributed by atoms with E-state index in [1.165, 1.54) is 18.5 Å². The van der Waals surface area contributed by atoms with Crippen molar-refractivity contribution in [3.05, 3.63) is 53.0 Å². The molecule has 0 N–H and O–H groups in total. The van der Waals surface area contributed by atoms with E-state index >= 15 is 0 Å². The number of rotatable bonds is 2. The van der Waals surface area contributed by atoms with Gasteiger partial charge >= 0.3 is 0 Å². The van der Waals surface area contributed by atoms with Gasteiger partial charge in [0.15, 0.2) is 11.6 Å². The molecule has 0 spiro atoms. The lowest BCUT2D eigenvalue weighted by Gasteiger charge is -2.37. The van der Waals surface area contributed by atoms with Crippen molar-refractivity contribution in [2.24, 2.45) is 0 Å². The molecule has 1 aliphatic heterocycles. The highest BCUT2D eigenvalue weighted by Gasteiger charge is 2.28. The molecule has 1 aromatic carbocycles. The van der Waals surface area contributed by atoms with Gasteiger partial charge in [-0.15, -0.1) is 0 Å². The maximum atomic E-state index is 13.6. The minimum Gasteiger partial charge on any atom is -0.349 e. The summed E-state index contributed by atoms with van der Waals surface area (Å²) >= 11 is 0. The monoisotopic (exact) mass is 300 g/mol. The van der Waals surface area contributed by atoms with Crippen molar-refractivity contribution < 1.29 is 8.78 Å². The predicted octanol–water partition coefficient (Wildman–Crippen LogP) is 3.14. The smallest absolute Gasteiger partial charge is 0.159 e. The first kappa shape index (κ1) is 14.4. The third-order valence-electron chi connectivity index (χ3n) is 3.99. The van der Waals surface area contributed by atoms with E-state index in [1.54, 1.807) is 6.07 Å². The molecule has 2 aromatic rings. The van der Waals surface area contributed by atoms with Crippen LogP contribution in [0.4, 0.5) is 14.6 Å². The molecule has 0 saturated carbocycles. The van der Waals surface area contributed by atoms with Crippen LogP contribution in [0, 0.1) is 23.0 Å². The first-order valence-electron chi connectivity index (χ1n) is 7.10. The Hall–Kier alpha value is -2.55. The van der Waals surface area contributed by atoms with Gasteiger partial charge in [-0.25, -0.2) is 18.7 Å². The number of halogens is 2. The van der Waals surface area contributed by atoms with Crippen LogP contribution in [-0.4, -0.2) is 16.5 Å². The number of hydrogen-bond donors (Lipinski definition) is 0. The van der Waals surface area contributed by atoms with Crippen molar-refractivity contribution in [2.75, 3.05) is 11.4 Å². The average molecular weight is 300 g/mol. The second-order valence-corrected chi connectivity index (χ2v) is 5.21. The molecule has 4 nitrogen and oxygen atoms in total. The number of benzene rings is 1. The molecule has 0 unspecified atom stereocenters. The van der Waals surface area contributed by atoms with Gasteiger partial charge in [0.05, 0.1) is 6.04 Å². The number of aromatic nitrogens is 2. The van der Waals surface area contributed by atoms with Gasteiger partial charge in [0.1, 0.15) is 23.9 Å². The summed E-state index contributed by atoms with van der Waals surface area (Å²) in [6, 6.07) is 6.07. The SMILES string of the molecule is CC[C@H]1c2cc(F)c(F)cc2CCN1c1cc(C#N)ncn1. The van der Waals surface area contributed by atoms with Crippen molar-refractivity contribution in [1.29, 1.82) is 5.26 Å². The second kappa shape index (κ2) is 5.68. The molecular formula is C16H14F2N4. The molecule has 6 heteroatoms. The summed E-state index contributed by atoms with van der Waals surface area (Å²) in [5.41, 5.74) is 1.90. The lowest BCUT2D eigenvalue weighted by atomic mass is 9.90. The molecule has 3 rings (SSSR count). The number of nitriles is 1. The van der Waals surface area contributed by atoms with Crippen LogP contribution in [0.25, 0.3) is 0 Å². The molecule has 0 fully saturated rings. The zero-order valence-corrected chi connectivity index (χ0v) is 12.1. The van der Waals surface area contributed by atoms with E-state index in [-0.39, 0.29) is 11.7 Å². The highest BCUT2D eigenvalue weighted by Crippen LogP contribution is 2.35. The highest BCUT2D eigenvalue weighted by atomic mass is 19.2. The predicted molar refractivity (Wildman–Crippen MR) is 77.2 cm³/mol. The summed E-state index contributed by atoms with van der Waals surface area (Å²) in [5.74, 6) is -1.01. The van der Waals surface area contributed by atoms with Crippen molar-refractivity contribution >= 4 is 5.82 Å². The van der Waals surface area contributed by atoms with Crippen molar-refractivity contribution in [3.8, 4) is 6.07 Å². The van der Waals surface area contributed by atoms with Crippen LogP contribution in [0.5, 0.6) is 0 Å². The van der Waals surface area contributed by atoms with Gasteiger partial charge in [0.25, 0.3) is 0 Å². The zero-order chi connectivity index (χ0) is 15.7. The molecule has 0 bridgehead atoms.